The summed E-state index contributed by atoms with van der Waals surface area (Å²) in [6, 6.07) is 23.2. The van der Waals surface area contributed by atoms with E-state index in [2.05, 4.69) is 24.8 Å². The van der Waals surface area contributed by atoms with Crippen molar-refractivity contribution in [3.8, 4) is 28.7 Å². The number of para-hydroxylation sites is 5. The monoisotopic (exact) mass is 1060 g/mol. The number of nitro benzene ring substituents is 1. The van der Waals surface area contributed by atoms with Crippen molar-refractivity contribution in [3.63, 3.8) is 0 Å². The van der Waals surface area contributed by atoms with Crippen LogP contribution in [0.15, 0.2) is 91.0 Å². The third-order valence-corrected chi connectivity index (χ3v) is 9.97. The summed E-state index contributed by atoms with van der Waals surface area (Å²) >= 11 is 9.55. The fourth-order valence-corrected chi connectivity index (χ4v) is 6.06. The van der Waals surface area contributed by atoms with Crippen molar-refractivity contribution < 1.29 is 87.3 Å². The number of fused-ring (bicyclic) bond motifs is 3. The second-order valence-corrected chi connectivity index (χ2v) is 14.8. The number of carboxylic acid groups (broad SMARTS) is 2. The number of ether oxygens (including phenoxy) is 6. The average Bonchev–Trinajstić information content (AvgIpc) is 3.39. The SMILES string of the molecule is CN1CCOc2c(C(=O)O)cccc21.COC(=O)c1cccc(N)c1O.COC(=O)c1cccc([N+](=O)[O-])c1O.COC(=O)c1cccc2c1OCC(=O)N2.O=C(Cl)CCl.O=C(O)c1cccc2c1OCCN2. The van der Waals surface area contributed by atoms with E-state index in [4.69, 9.17) is 53.4 Å². The van der Waals surface area contributed by atoms with Gasteiger partial charge in [-0.3, -0.25) is 19.7 Å². The van der Waals surface area contributed by atoms with Crippen LogP contribution in [0.5, 0.6) is 28.7 Å². The lowest BCUT2D eigenvalue weighted by atomic mass is 10.1. The number of carbonyl (C=O) groups is 7. The zero-order valence-corrected chi connectivity index (χ0v) is 40.6. The van der Waals surface area contributed by atoms with Gasteiger partial charge in [0.05, 0.1) is 61.4 Å². The van der Waals surface area contributed by atoms with Crippen LogP contribution >= 0.6 is 23.2 Å². The molecule has 26 heteroatoms. The number of anilines is 4. The fraction of sp³-hybridized carbons (Fsp3) is 0.213. The van der Waals surface area contributed by atoms with Gasteiger partial charge in [-0.2, -0.15) is 0 Å². The molecule has 0 atom stereocenters. The quantitative estimate of drug-likeness (QED) is 0.0143. The van der Waals surface area contributed by atoms with E-state index >= 15 is 0 Å². The maximum absolute atomic E-state index is 11.4. The zero-order valence-electron chi connectivity index (χ0n) is 39.0. The highest BCUT2D eigenvalue weighted by atomic mass is 35.5. The Balaban J connectivity index is 0.000000236. The number of nitrogens with zero attached hydrogens (tertiary/aromatic N) is 2. The molecule has 8 N–H and O–H groups in total. The Morgan fingerprint density at radius 3 is 1.73 bits per heavy atom. The van der Waals surface area contributed by atoms with E-state index in [0.717, 1.165) is 37.6 Å². The number of phenolic OH excluding ortho intramolecular Hbond substituents is 2. The molecule has 0 unspecified atom stereocenters. The molecule has 0 fully saturated rings. The lowest BCUT2D eigenvalue weighted by molar-refractivity contribution is -0.385. The minimum atomic E-state index is -0.958. The van der Waals surface area contributed by atoms with Gasteiger partial charge in [-0.25, -0.2) is 24.0 Å². The van der Waals surface area contributed by atoms with Gasteiger partial charge in [0, 0.05) is 19.7 Å². The number of hydrogen-bond acceptors (Lipinski definition) is 20. The molecular weight excluding hydrogens is 1010 g/mol. The van der Waals surface area contributed by atoms with E-state index in [1.54, 1.807) is 48.5 Å². The third kappa shape index (κ3) is 16.5. The van der Waals surface area contributed by atoms with E-state index in [-0.39, 0.29) is 52.1 Å². The standard InChI is InChI=1S/C10H9NO4.C10H11NO3.C9H9NO3.C8H7NO5.C8H9NO3.C2H2Cl2O/c1-14-10(13)6-3-2-4-7-9(6)15-5-8(12)11-7;1-11-5-6-14-9-7(10(12)13)3-2-4-8(9)11;11-9(12)6-2-1-3-7-8(6)13-5-4-10-7;1-14-8(11)5-3-2-4-6(7(5)10)9(12)13;1-12-8(11)5-3-2-4-6(9)7(5)10;3-1-2(4)5/h2-4H,5H2,1H3,(H,11,12);2-4H,5-6H2,1H3,(H,12,13);1-3,10H,4-5H2,(H,11,12);2-4,10H,1H3;2-4,10H,9H2,1H3;1H2. The highest BCUT2D eigenvalue weighted by Gasteiger charge is 2.24. The highest BCUT2D eigenvalue weighted by Crippen LogP contribution is 2.35. The first-order chi connectivity index (χ1) is 34.7. The Morgan fingerprint density at radius 2 is 1.16 bits per heavy atom. The molecule has 73 heavy (non-hydrogen) atoms. The summed E-state index contributed by atoms with van der Waals surface area (Å²) in [5, 5.41) is 51.9. The Labute approximate surface area is 424 Å². The molecule has 3 aliphatic rings. The number of aromatic hydroxyl groups is 2. The van der Waals surface area contributed by atoms with Crippen LogP contribution in [-0.4, -0.2) is 134 Å². The van der Waals surface area contributed by atoms with Gasteiger partial charge in [0.1, 0.15) is 41.0 Å². The van der Waals surface area contributed by atoms with Gasteiger partial charge >= 0.3 is 35.5 Å². The number of nitrogen functional groups attached to an aromatic ring is 1. The molecule has 5 aromatic carbocycles. The molecule has 3 heterocycles. The molecule has 0 aromatic heterocycles. The Morgan fingerprint density at radius 1 is 0.699 bits per heavy atom. The Bertz CT molecular complexity index is 2830. The number of carbonyl (C=O) groups excluding carboxylic acids is 5. The van der Waals surface area contributed by atoms with E-state index in [9.17, 15) is 53.9 Å². The van der Waals surface area contributed by atoms with E-state index in [1.807, 2.05) is 18.0 Å². The number of hydrogen-bond donors (Lipinski definition) is 7. The van der Waals surface area contributed by atoms with E-state index < -0.39 is 51.4 Å². The number of nitro groups is 1. The third-order valence-electron chi connectivity index (χ3n) is 9.45. The number of alkyl halides is 1. The summed E-state index contributed by atoms with van der Waals surface area (Å²) in [6.07, 6.45) is 0. The number of likely N-dealkylation sites (N-methyl/N-ethyl adjacent to an activating group) is 1. The van der Waals surface area contributed by atoms with E-state index in [1.165, 1.54) is 44.6 Å². The molecular formula is C47H47Cl2N5O19. The Kier molecular flexibility index (Phi) is 22.8. The minimum absolute atomic E-state index is 0.0810. The van der Waals surface area contributed by atoms with Gasteiger partial charge in [0.2, 0.25) is 11.0 Å². The van der Waals surface area contributed by atoms with Crippen LogP contribution in [0, 0.1) is 10.1 Å². The number of nitrogens with two attached hydrogens (primary N) is 1. The number of rotatable bonds is 7. The minimum Gasteiger partial charge on any atom is -0.505 e. The number of benzene rings is 5. The molecule has 0 radical (unpaired) electrons. The summed E-state index contributed by atoms with van der Waals surface area (Å²) < 4.78 is 29.2. The number of phenols is 2. The van der Waals surface area contributed by atoms with Crippen LogP contribution in [0.25, 0.3) is 0 Å². The first-order valence-electron chi connectivity index (χ1n) is 20.7. The first kappa shape index (κ1) is 58.3. The molecule has 24 nitrogen and oxygen atoms in total. The van der Waals surface area contributed by atoms with Gasteiger partial charge in [0.15, 0.2) is 29.6 Å². The molecule has 0 spiro atoms. The number of aromatic carboxylic acids is 2. The molecule has 0 saturated carbocycles. The van der Waals surface area contributed by atoms with Crippen molar-refractivity contribution in [2.45, 2.75) is 0 Å². The topological polar surface area (TPSA) is 352 Å². The summed E-state index contributed by atoms with van der Waals surface area (Å²) in [6.45, 7) is 2.47. The number of halogens is 2. The second-order valence-electron chi connectivity index (χ2n) is 14.1. The van der Waals surface area contributed by atoms with Crippen LogP contribution in [-0.2, 0) is 23.8 Å². The number of esters is 3. The summed E-state index contributed by atoms with van der Waals surface area (Å²) in [4.78, 5) is 87.0. The smallest absolute Gasteiger partial charge is 0.341 e. The zero-order chi connectivity index (χ0) is 54.4. The van der Waals surface area contributed by atoms with Gasteiger partial charge in [-0.15, -0.1) is 11.6 Å². The van der Waals surface area contributed by atoms with Crippen molar-refractivity contribution in [1.29, 1.82) is 0 Å². The van der Waals surface area contributed by atoms with Crippen LogP contribution in [0.4, 0.5) is 28.4 Å². The van der Waals surface area contributed by atoms with Crippen molar-refractivity contribution in [3.05, 3.63) is 129 Å². The summed E-state index contributed by atoms with van der Waals surface area (Å²) in [5.74, 6) is -3.74. The summed E-state index contributed by atoms with van der Waals surface area (Å²) in [5.41, 5.74) is 7.71. The van der Waals surface area contributed by atoms with E-state index in [0.29, 0.717) is 41.7 Å². The largest absolute Gasteiger partial charge is 0.505 e. The lowest BCUT2D eigenvalue weighted by Crippen LogP contribution is -2.29. The van der Waals surface area contributed by atoms with Crippen molar-refractivity contribution >= 4 is 92.6 Å². The Hall–Kier alpha value is -9.03. The first-order valence-corrected chi connectivity index (χ1v) is 21.7. The maximum Gasteiger partial charge on any atom is 0.341 e. The van der Waals surface area contributed by atoms with Crippen molar-refractivity contribution in [1.82, 2.24) is 0 Å². The van der Waals surface area contributed by atoms with Crippen LogP contribution < -0.4 is 35.5 Å². The normalized spacial score (nSPS) is 11.9. The lowest BCUT2D eigenvalue weighted by Gasteiger charge is -2.28. The molecule has 0 saturated heterocycles. The summed E-state index contributed by atoms with van der Waals surface area (Å²) in [7, 11) is 5.59. The van der Waals surface area contributed by atoms with Gasteiger partial charge < -0.3 is 70.1 Å². The average molecular weight is 1060 g/mol. The number of amides is 1. The molecule has 388 valence electrons. The number of methoxy groups -OCH3 is 3. The predicted octanol–water partition coefficient (Wildman–Crippen LogP) is 6.05. The highest BCUT2D eigenvalue weighted by molar-refractivity contribution is 6.67. The van der Waals surface area contributed by atoms with Gasteiger partial charge in [0.25, 0.3) is 5.91 Å². The fourth-order valence-electron chi connectivity index (χ4n) is 6.06. The molecule has 1 amide bonds. The molecule has 8 rings (SSSR count). The van der Waals surface area contributed by atoms with Crippen molar-refractivity contribution in [2.75, 3.05) is 88.4 Å². The predicted molar refractivity (Wildman–Crippen MR) is 263 cm³/mol. The van der Waals surface area contributed by atoms with Gasteiger partial charge in [-0.1, -0.05) is 30.3 Å². The number of nitrogens with one attached hydrogen (secondary N) is 2. The number of carboxylic acids is 2. The molecule has 3 aliphatic heterocycles. The van der Waals surface area contributed by atoms with Crippen LogP contribution in [0.3, 0.4) is 0 Å². The van der Waals surface area contributed by atoms with Gasteiger partial charge in [-0.05, 0) is 66.2 Å². The van der Waals surface area contributed by atoms with Crippen molar-refractivity contribution in [2.24, 2.45) is 0 Å². The molecule has 0 bridgehead atoms. The van der Waals surface area contributed by atoms with Crippen LogP contribution in [0.1, 0.15) is 51.8 Å². The van der Waals surface area contributed by atoms with Crippen LogP contribution in [0.2, 0.25) is 0 Å². The second kappa shape index (κ2) is 28.6. The maximum atomic E-state index is 11.4. The molecule has 5 aromatic rings. The molecule has 0 aliphatic carbocycles.